The second kappa shape index (κ2) is 10.00. The van der Waals surface area contributed by atoms with Gasteiger partial charge in [0.2, 0.25) is 5.60 Å². The van der Waals surface area contributed by atoms with E-state index >= 15 is 0 Å². The molecule has 7 nitrogen and oxygen atoms in total. The Hall–Kier alpha value is -1.81. The predicted octanol–water partition coefficient (Wildman–Crippen LogP) is 2.38. The number of alkyl halides is 3. The molecule has 0 bridgehead atoms. The van der Waals surface area contributed by atoms with Gasteiger partial charge in [-0.2, -0.15) is 13.2 Å². The molecule has 0 aliphatic carbocycles. The molecule has 172 valence electrons. The van der Waals surface area contributed by atoms with E-state index in [9.17, 15) is 18.3 Å². The first-order valence-electron chi connectivity index (χ1n) is 10.6. The number of halogens is 3. The fourth-order valence-electron chi connectivity index (χ4n) is 3.72. The lowest BCUT2D eigenvalue weighted by atomic mass is 9.97. The third-order valence-corrected chi connectivity index (χ3v) is 5.62. The molecule has 30 heavy (non-hydrogen) atoms. The first kappa shape index (κ1) is 24.5. The molecule has 0 saturated carbocycles. The van der Waals surface area contributed by atoms with Crippen molar-refractivity contribution in [2.75, 3.05) is 32.7 Å². The molecule has 2 rings (SSSR count). The first-order chi connectivity index (χ1) is 14.0. The van der Waals surface area contributed by atoms with Crippen LogP contribution in [-0.2, 0) is 12.6 Å². The summed E-state index contributed by atoms with van der Waals surface area (Å²) in [4.78, 5) is 10.7. The van der Waals surface area contributed by atoms with Crippen LogP contribution in [0.2, 0.25) is 0 Å². The summed E-state index contributed by atoms with van der Waals surface area (Å²) in [5.74, 6) is 0.0110. The van der Waals surface area contributed by atoms with Crippen molar-refractivity contribution < 1.29 is 18.3 Å². The van der Waals surface area contributed by atoms with Crippen molar-refractivity contribution in [2.24, 2.45) is 12.0 Å². The summed E-state index contributed by atoms with van der Waals surface area (Å²) >= 11 is 0. The van der Waals surface area contributed by atoms with Gasteiger partial charge in [0.15, 0.2) is 5.96 Å². The standard InChI is InChI=1S/C20H35F3N6O/c1-5-24-17(27-15-18(2,3)29-12-7-6-8-13-29)26-10-9-19(30,20(21,22)23)16-25-11-14-28(16)4/h11,14,30H,5-10,12-13,15H2,1-4H3,(H2,24,26,27). The number of guanidine groups is 1. The zero-order valence-electron chi connectivity index (χ0n) is 18.4. The molecular formula is C20H35F3N6O. The molecule has 1 aromatic heterocycles. The van der Waals surface area contributed by atoms with Crippen LogP contribution in [0.5, 0.6) is 0 Å². The second-order valence-corrected chi connectivity index (χ2v) is 8.45. The molecular weight excluding hydrogens is 397 g/mol. The lowest BCUT2D eigenvalue weighted by Gasteiger charge is -2.40. The number of nitrogens with one attached hydrogen (secondary N) is 2. The van der Waals surface area contributed by atoms with Crippen LogP contribution in [0.25, 0.3) is 0 Å². The number of aromatic nitrogens is 2. The van der Waals surface area contributed by atoms with Crippen molar-refractivity contribution in [3.05, 3.63) is 18.2 Å². The number of aryl methyl sites for hydroxylation is 1. The Kier molecular flexibility index (Phi) is 8.15. The second-order valence-electron chi connectivity index (χ2n) is 8.45. The van der Waals surface area contributed by atoms with Crippen LogP contribution >= 0.6 is 0 Å². The number of imidazole rings is 1. The Labute approximate surface area is 176 Å². The molecule has 0 amide bonds. The van der Waals surface area contributed by atoms with E-state index in [2.05, 4.69) is 39.4 Å². The van der Waals surface area contributed by atoms with Gasteiger partial charge in [-0.05, 0) is 46.7 Å². The van der Waals surface area contributed by atoms with Crippen LogP contribution < -0.4 is 10.6 Å². The monoisotopic (exact) mass is 432 g/mol. The van der Waals surface area contributed by atoms with Crippen LogP contribution in [0.3, 0.4) is 0 Å². The molecule has 1 fully saturated rings. The molecule has 1 unspecified atom stereocenters. The molecule has 1 aliphatic heterocycles. The van der Waals surface area contributed by atoms with Gasteiger partial charge in [-0.25, -0.2) is 4.98 Å². The summed E-state index contributed by atoms with van der Waals surface area (Å²) in [5.41, 5.74) is -3.18. The Morgan fingerprint density at radius 2 is 1.87 bits per heavy atom. The van der Waals surface area contributed by atoms with Crippen LogP contribution in [0.1, 0.15) is 52.3 Å². The van der Waals surface area contributed by atoms with E-state index in [0.717, 1.165) is 13.1 Å². The topological polar surface area (TPSA) is 77.7 Å². The number of rotatable bonds is 8. The minimum Gasteiger partial charge on any atom is -0.374 e. The largest absolute Gasteiger partial charge is 0.424 e. The fourth-order valence-corrected chi connectivity index (χ4v) is 3.72. The minimum absolute atomic E-state index is 0.112. The highest BCUT2D eigenvalue weighted by atomic mass is 19.4. The molecule has 1 atom stereocenters. The number of nitrogens with zero attached hydrogens (tertiary/aromatic N) is 4. The SMILES string of the molecule is CCNC(=NCC(C)(C)N1CCCCC1)NCCC(O)(c1nccn1C)C(F)(F)F. The van der Waals surface area contributed by atoms with Crippen LogP contribution in [0.15, 0.2) is 17.4 Å². The average Bonchev–Trinajstić information content (AvgIpc) is 3.12. The smallest absolute Gasteiger partial charge is 0.374 e. The number of likely N-dealkylation sites (tertiary alicyclic amines) is 1. The predicted molar refractivity (Wildman–Crippen MR) is 111 cm³/mol. The summed E-state index contributed by atoms with van der Waals surface area (Å²) < 4.78 is 42.1. The molecule has 0 radical (unpaired) electrons. The van der Waals surface area contributed by atoms with Gasteiger partial charge in [-0.1, -0.05) is 6.42 Å². The Bertz CT molecular complexity index is 697. The van der Waals surface area contributed by atoms with E-state index in [1.165, 1.54) is 43.3 Å². The minimum atomic E-state index is -4.85. The Morgan fingerprint density at radius 3 is 2.40 bits per heavy atom. The fraction of sp³-hybridized carbons (Fsp3) is 0.800. The lowest BCUT2D eigenvalue weighted by molar-refractivity contribution is -0.272. The van der Waals surface area contributed by atoms with E-state index in [4.69, 9.17) is 0 Å². The van der Waals surface area contributed by atoms with E-state index in [1.54, 1.807) is 0 Å². The maximum atomic E-state index is 13.6. The van der Waals surface area contributed by atoms with Crippen molar-refractivity contribution in [3.8, 4) is 0 Å². The maximum Gasteiger partial charge on any atom is 0.424 e. The van der Waals surface area contributed by atoms with Gasteiger partial charge in [-0.3, -0.25) is 9.89 Å². The normalized spacial score (nSPS) is 18.9. The third-order valence-electron chi connectivity index (χ3n) is 5.62. The summed E-state index contributed by atoms with van der Waals surface area (Å²) in [6.45, 7) is 9.23. The zero-order valence-corrected chi connectivity index (χ0v) is 18.4. The van der Waals surface area contributed by atoms with Gasteiger partial charge >= 0.3 is 6.18 Å². The van der Waals surface area contributed by atoms with E-state index < -0.39 is 24.0 Å². The van der Waals surface area contributed by atoms with Gasteiger partial charge in [0.25, 0.3) is 0 Å². The van der Waals surface area contributed by atoms with Gasteiger partial charge < -0.3 is 20.3 Å². The highest BCUT2D eigenvalue weighted by molar-refractivity contribution is 5.79. The zero-order chi connectivity index (χ0) is 22.4. The number of aliphatic imine (C=N–C) groups is 1. The van der Waals surface area contributed by atoms with Crippen molar-refractivity contribution in [1.29, 1.82) is 0 Å². The summed E-state index contributed by atoms with van der Waals surface area (Å²) in [5, 5.41) is 16.4. The summed E-state index contributed by atoms with van der Waals surface area (Å²) in [6.07, 6.45) is 0.795. The highest BCUT2D eigenvalue weighted by Gasteiger charge is 2.57. The molecule has 1 saturated heterocycles. The maximum absolute atomic E-state index is 13.6. The van der Waals surface area contributed by atoms with Crippen molar-refractivity contribution in [3.63, 3.8) is 0 Å². The van der Waals surface area contributed by atoms with E-state index in [1.807, 2.05) is 6.92 Å². The summed E-state index contributed by atoms with van der Waals surface area (Å²) in [7, 11) is 1.43. The van der Waals surface area contributed by atoms with Crippen molar-refractivity contribution in [2.45, 2.75) is 63.8 Å². The molecule has 1 aromatic rings. The number of hydrogen-bond donors (Lipinski definition) is 3. The van der Waals surface area contributed by atoms with Crippen LogP contribution in [0.4, 0.5) is 13.2 Å². The molecule has 0 aromatic carbocycles. The first-order valence-corrected chi connectivity index (χ1v) is 10.6. The van der Waals surface area contributed by atoms with Crippen molar-refractivity contribution >= 4 is 5.96 Å². The third kappa shape index (κ3) is 5.87. The van der Waals surface area contributed by atoms with Crippen LogP contribution in [0, 0.1) is 0 Å². The van der Waals surface area contributed by atoms with E-state index in [-0.39, 0.29) is 12.1 Å². The van der Waals surface area contributed by atoms with Gasteiger partial charge in [0, 0.05) is 44.5 Å². The Morgan fingerprint density at radius 1 is 1.20 bits per heavy atom. The quantitative estimate of drug-likeness (QED) is 0.434. The highest BCUT2D eigenvalue weighted by Crippen LogP contribution is 2.40. The number of piperidine rings is 1. The molecule has 2 heterocycles. The van der Waals surface area contributed by atoms with E-state index in [0.29, 0.717) is 19.0 Å². The van der Waals surface area contributed by atoms with Gasteiger partial charge in [0.1, 0.15) is 5.82 Å². The lowest BCUT2D eigenvalue weighted by Crippen LogP contribution is -2.50. The Balaban J connectivity index is 2.04. The van der Waals surface area contributed by atoms with Crippen LogP contribution in [-0.4, -0.2) is 70.0 Å². The summed E-state index contributed by atoms with van der Waals surface area (Å²) in [6, 6.07) is 0. The molecule has 3 N–H and O–H groups in total. The van der Waals surface area contributed by atoms with Gasteiger partial charge in [0.05, 0.1) is 6.54 Å². The van der Waals surface area contributed by atoms with Gasteiger partial charge in [-0.15, -0.1) is 0 Å². The molecule has 0 spiro atoms. The molecule has 10 heteroatoms. The molecule has 1 aliphatic rings. The number of hydrogen-bond acceptors (Lipinski definition) is 4. The van der Waals surface area contributed by atoms with Crippen molar-refractivity contribution in [1.82, 2.24) is 25.1 Å². The number of aliphatic hydroxyl groups is 1. The average molecular weight is 433 g/mol.